The normalized spacial score (nSPS) is 16.2. The molecule has 12 heteroatoms. The molecule has 1 N–H and O–H groups in total. The first-order valence-corrected chi connectivity index (χ1v) is 12.8. The lowest BCUT2D eigenvalue weighted by molar-refractivity contribution is -0.147. The van der Waals surface area contributed by atoms with Crippen molar-refractivity contribution in [2.45, 2.75) is 62.7 Å². The van der Waals surface area contributed by atoms with Gasteiger partial charge in [-0.15, -0.1) is 0 Å². The molecule has 35 heavy (non-hydrogen) atoms. The van der Waals surface area contributed by atoms with E-state index in [2.05, 4.69) is 4.98 Å². The summed E-state index contributed by atoms with van der Waals surface area (Å²) in [5.41, 5.74) is 1.54. The quantitative estimate of drug-likeness (QED) is 0.318. The van der Waals surface area contributed by atoms with Gasteiger partial charge in [-0.2, -0.15) is 17.9 Å². The maximum Gasteiger partial charge on any atom is 0.404 e. The zero-order valence-corrected chi connectivity index (χ0v) is 20.4. The van der Waals surface area contributed by atoms with Crippen LogP contribution in [0.3, 0.4) is 0 Å². The highest BCUT2D eigenvalue weighted by atomic mass is 35.5. The summed E-state index contributed by atoms with van der Waals surface area (Å²) in [6.45, 7) is 2.30. The van der Waals surface area contributed by atoms with Crippen molar-refractivity contribution in [3.8, 4) is 11.4 Å². The van der Waals surface area contributed by atoms with Crippen molar-refractivity contribution in [2.75, 3.05) is 0 Å². The van der Waals surface area contributed by atoms with E-state index >= 15 is 0 Å². The smallest absolute Gasteiger partial charge is 0.335 e. The molecule has 3 aromatic rings. The highest BCUT2D eigenvalue weighted by Gasteiger charge is 2.39. The van der Waals surface area contributed by atoms with Crippen molar-refractivity contribution >= 4 is 37.8 Å². The van der Waals surface area contributed by atoms with Crippen LogP contribution in [0.5, 0.6) is 0 Å². The lowest BCUT2D eigenvalue weighted by Crippen LogP contribution is -2.42. The number of aryl methyl sites for hydroxylation is 1. The van der Waals surface area contributed by atoms with Crippen molar-refractivity contribution in [2.24, 2.45) is 0 Å². The second kappa shape index (κ2) is 9.18. The van der Waals surface area contributed by atoms with E-state index < -0.39 is 38.2 Å². The van der Waals surface area contributed by atoms with Crippen LogP contribution in [0.15, 0.2) is 35.4 Å². The molecule has 4 rings (SSSR count). The predicted molar refractivity (Wildman–Crippen MR) is 123 cm³/mol. The Morgan fingerprint density at radius 3 is 2.43 bits per heavy atom. The van der Waals surface area contributed by atoms with Crippen LogP contribution in [-0.4, -0.2) is 35.4 Å². The van der Waals surface area contributed by atoms with Gasteiger partial charge in [0.2, 0.25) is 10.0 Å². The molecule has 0 saturated heterocycles. The third kappa shape index (κ3) is 4.81. The van der Waals surface area contributed by atoms with E-state index in [9.17, 15) is 30.8 Å². The zero-order valence-electron chi connectivity index (χ0n) is 18.8. The van der Waals surface area contributed by atoms with Crippen LogP contribution in [0.2, 0.25) is 0 Å². The Kier molecular flexibility index (Phi) is 6.71. The van der Waals surface area contributed by atoms with E-state index in [0.29, 0.717) is 29.1 Å². The molecule has 1 aliphatic rings. The fourth-order valence-corrected chi connectivity index (χ4v) is 5.84. The lowest BCUT2D eigenvalue weighted by atomic mass is 10.1. The van der Waals surface area contributed by atoms with E-state index in [0.717, 1.165) is 37.9 Å². The summed E-state index contributed by atoms with van der Waals surface area (Å²) in [5, 5.41) is -0.515. The predicted octanol–water partition coefficient (Wildman–Crippen LogP) is 5.87. The number of nitrogens with zero attached hydrogens (tertiary/aromatic N) is 2. The number of aromatic nitrogens is 2. The molecule has 1 saturated carbocycles. The molecule has 1 aromatic carbocycles. The Labute approximate surface area is 204 Å². The fraction of sp³-hybridized carbons (Fsp3) is 0.391. The van der Waals surface area contributed by atoms with Crippen molar-refractivity contribution in [3.63, 3.8) is 0 Å². The molecule has 1 unspecified atom stereocenters. The highest BCUT2D eigenvalue weighted by Crippen LogP contribution is 2.42. The van der Waals surface area contributed by atoms with Crippen LogP contribution in [0, 0.1) is 12.7 Å². The molecule has 6 nitrogen and oxygen atoms in total. The average molecular weight is 532 g/mol. The number of nitrogens with one attached hydrogen (secondary N) is 1. The number of alkyl halides is 3. The summed E-state index contributed by atoms with van der Waals surface area (Å²) in [7, 11) is -4.51. The minimum atomic E-state index is -4.76. The SMILES string of the molecule is Cc1cc2c(cc1F)c(C(=O)Cl)c(-c1ccc(S(=O)(=O)NC(C)C(F)(F)F)cn1)n2C1CCCC1. The van der Waals surface area contributed by atoms with Crippen molar-refractivity contribution < 1.29 is 30.8 Å². The number of hydrogen-bond donors (Lipinski definition) is 1. The van der Waals surface area contributed by atoms with Crippen LogP contribution in [-0.2, 0) is 10.0 Å². The molecule has 2 aromatic heterocycles. The van der Waals surface area contributed by atoms with Gasteiger partial charge in [0.05, 0.1) is 22.5 Å². The van der Waals surface area contributed by atoms with E-state index in [-0.39, 0.29) is 17.3 Å². The van der Waals surface area contributed by atoms with Crippen LogP contribution < -0.4 is 4.72 Å². The van der Waals surface area contributed by atoms with Crippen molar-refractivity contribution in [1.29, 1.82) is 0 Å². The van der Waals surface area contributed by atoms with Gasteiger partial charge >= 0.3 is 6.18 Å². The zero-order chi connectivity index (χ0) is 25.7. The molecule has 0 spiro atoms. The molecular weight excluding hydrogens is 510 g/mol. The van der Waals surface area contributed by atoms with Gasteiger partial charge in [-0.3, -0.25) is 9.78 Å². The van der Waals surface area contributed by atoms with Crippen molar-refractivity contribution in [3.05, 3.63) is 47.4 Å². The molecule has 188 valence electrons. The largest absolute Gasteiger partial charge is 0.404 e. The molecular formula is C23H22ClF4N3O3S. The summed E-state index contributed by atoms with van der Waals surface area (Å²) in [5.74, 6) is -0.508. The average Bonchev–Trinajstić information content (AvgIpc) is 3.39. The Morgan fingerprint density at radius 2 is 1.89 bits per heavy atom. The standard InChI is InChI=1S/C23H22ClF4N3O3S/c1-12-9-19-16(10-17(12)25)20(22(24)32)21(31(19)14-5-3-4-6-14)18-8-7-15(11-29-18)35(33,34)30-13(2)23(26,27)28/h7-11,13-14,30H,3-6H2,1-2H3. The van der Waals surface area contributed by atoms with Crippen LogP contribution in [0.4, 0.5) is 17.6 Å². The number of benzene rings is 1. The molecule has 1 fully saturated rings. The van der Waals surface area contributed by atoms with Crippen LogP contribution >= 0.6 is 11.6 Å². The summed E-state index contributed by atoms with van der Waals surface area (Å²) in [6, 6.07) is 2.99. The van der Waals surface area contributed by atoms with Gasteiger partial charge < -0.3 is 4.57 Å². The number of rotatable bonds is 6. The number of carbonyl (C=O) groups is 1. The molecule has 2 heterocycles. The molecule has 0 bridgehead atoms. The minimum absolute atomic E-state index is 0.0124. The Morgan fingerprint density at radius 1 is 1.23 bits per heavy atom. The van der Waals surface area contributed by atoms with E-state index in [4.69, 9.17) is 11.6 Å². The second-order valence-corrected chi connectivity index (χ2v) is 10.7. The lowest BCUT2D eigenvalue weighted by Gasteiger charge is -2.19. The Bertz CT molecular complexity index is 1400. The number of halogens is 5. The molecule has 1 aliphatic carbocycles. The maximum atomic E-state index is 14.5. The van der Waals surface area contributed by atoms with E-state index in [1.807, 2.05) is 4.57 Å². The van der Waals surface area contributed by atoms with Gasteiger partial charge in [-0.05, 0) is 68.1 Å². The van der Waals surface area contributed by atoms with E-state index in [1.54, 1.807) is 17.7 Å². The summed E-state index contributed by atoms with van der Waals surface area (Å²) in [4.78, 5) is 16.2. The Balaban J connectivity index is 1.87. The number of hydrogen-bond acceptors (Lipinski definition) is 4. The number of fused-ring (bicyclic) bond motifs is 1. The Hall–Kier alpha value is -2.50. The van der Waals surface area contributed by atoms with Crippen LogP contribution in [0.1, 0.15) is 54.6 Å². The minimum Gasteiger partial charge on any atom is -0.335 e. The first-order valence-electron chi connectivity index (χ1n) is 10.9. The second-order valence-electron chi connectivity index (χ2n) is 8.69. The fourth-order valence-electron chi connectivity index (χ4n) is 4.47. The summed E-state index contributed by atoms with van der Waals surface area (Å²) >= 11 is 5.94. The number of sulfonamides is 1. The molecule has 0 aliphatic heterocycles. The van der Waals surface area contributed by atoms with Gasteiger partial charge in [-0.1, -0.05) is 12.8 Å². The number of carbonyl (C=O) groups excluding carboxylic acids is 1. The third-order valence-electron chi connectivity index (χ3n) is 6.28. The topological polar surface area (TPSA) is 81.1 Å². The van der Waals surface area contributed by atoms with Crippen LogP contribution in [0.25, 0.3) is 22.3 Å². The van der Waals surface area contributed by atoms with Gasteiger partial charge in [0.25, 0.3) is 5.24 Å². The molecule has 0 amide bonds. The van der Waals surface area contributed by atoms with Gasteiger partial charge in [-0.25, -0.2) is 12.8 Å². The first-order chi connectivity index (χ1) is 16.3. The number of pyridine rings is 1. The van der Waals surface area contributed by atoms with E-state index in [1.165, 1.54) is 12.1 Å². The van der Waals surface area contributed by atoms with Crippen molar-refractivity contribution in [1.82, 2.24) is 14.3 Å². The van der Waals surface area contributed by atoms with Gasteiger partial charge in [0.1, 0.15) is 16.8 Å². The first kappa shape index (κ1) is 25.6. The monoisotopic (exact) mass is 531 g/mol. The molecule has 1 atom stereocenters. The van der Waals surface area contributed by atoms with Gasteiger partial charge in [0.15, 0.2) is 0 Å². The third-order valence-corrected chi connectivity index (χ3v) is 8.00. The highest BCUT2D eigenvalue weighted by molar-refractivity contribution is 7.89. The molecule has 0 radical (unpaired) electrons. The summed E-state index contributed by atoms with van der Waals surface area (Å²) < 4.78 is 81.3. The van der Waals surface area contributed by atoms with Gasteiger partial charge in [0, 0.05) is 17.6 Å². The summed E-state index contributed by atoms with van der Waals surface area (Å²) in [6.07, 6.45) is -0.287. The maximum absolute atomic E-state index is 14.5.